The van der Waals surface area contributed by atoms with E-state index in [-0.39, 0.29) is 42.9 Å². The van der Waals surface area contributed by atoms with Crippen LogP contribution in [0.3, 0.4) is 0 Å². The zero-order valence-electron chi connectivity index (χ0n) is 15.1. The van der Waals surface area contributed by atoms with E-state index in [9.17, 15) is 13.6 Å². The van der Waals surface area contributed by atoms with Gasteiger partial charge in [0.15, 0.2) is 0 Å². The summed E-state index contributed by atoms with van der Waals surface area (Å²) < 4.78 is 25.4. The van der Waals surface area contributed by atoms with Crippen LogP contribution in [-0.2, 0) is 4.79 Å². The van der Waals surface area contributed by atoms with Crippen molar-refractivity contribution >= 4 is 18.3 Å². The Morgan fingerprint density at radius 2 is 1.84 bits per heavy atom. The first kappa shape index (κ1) is 20.8. The van der Waals surface area contributed by atoms with Crippen LogP contribution in [0, 0.1) is 17.8 Å². The summed E-state index contributed by atoms with van der Waals surface area (Å²) in [5.74, 6) is 1.33. The first-order chi connectivity index (χ1) is 11.5. The van der Waals surface area contributed by atoms with Crippen LogP contribution < -0.4 is 5.73 Å². The molecule has 3 unspecified atom stereocenters. The Bertz CT molecular complexity index is 440. The molecule has 146 valence electrons. The van der Waals surface area contributed by atoms with Gasteiger partial charge in [-0.2, -0.15) is 0 Å². The fourth-order valence-corrected chi connectivity index (χ4v) is 5.15. The molecule has 0 aromatic heterocycles. The summed E-state index contributed by atoms with van der Waals surface area (Å²) >= 11 is 0. The van der Waals surface area contributed by atoms with Gasteiger partial charge in [0.25, 0.3) is 6.43 Å². The van der Waals surface area contributed by atoms with Gasteiger partial charge in [0.1, 0.15) is 0 Å². The number of nitrogens with zero attached hydrogens (tertiary/aromatic N) is 2. The quantitative estimate of drug-likeness (QED) is 0.817. The number of carbonyl (C=O) groups is 1. The van der Waals surface area contributed by atoms with Gasteiger partial charge in [0.2, 0.25) is 5.91 Å². The third-order valence-electron chi connectivity index (χ3n) is 6.52. The molecule has 3 fully saturated rings. The third kappa shape index (κ3) is 4.64. The van der Waals surface area contributed by atoms with Gasteiger partial charge in [-0.25, -0.2) is 8.78 Å². The van der Waals surface area contributed by atoms with Gasteiger partial charge in [-0.15, -0.1) is 12.4 Å². The van der Waals surface area contributed by atoms with E-state index in [1.807, 2.05) is 16.7 Å². The van der Waals surface area contributed by atoms with Crippen molar-refractivity contribution in [1.29, 1.82) is 0 Å². The number of rotatable bonds is 4. The molecule has 0 spiro atoms. The summed E-state index contributed by atoms with van der Waals surface area (Å²) in [5.41, 5.74) is 6.33. The van der Waals surface area contributed by atoms with Crippen LogP contribution >= 0.6 is 12.4 Å². The van der Waals surface area contributed by atoms with Crippen molar-refractivity contribution in [3.8, 4) is 0 Å². The Morgan fingerprint density at radius 3 is 2.40 bits per heavy atom. The van der Waals surface area contributed by atoms with Gasteiger partial charge in [-0.1, -0.05) is 13.3 Å². The summed E-state index contributed by atoms with van der Waals surface area (Å²) in [7, 11) is 0. The van der Waals surface area contributed by atoms with Gasteiger partial charge in [-0.3, -0.25) is 9.69 Å². The molecule has 25 heavy (non-hydrogen) atoms. The second-order valence-corrected chi connectivity index (χ2v) is 7.93. The maximum Gasteiger partial charge on any atom is 0.251 e. The first-order valence-electron chi connectivity index (χ1n) is 9.56. The van der Waals surface area contributed by atoms with Gasteiger partial charge < -0.3 is 10.6 Å². The molecule has 1 amide bonds. The van der Waals surface area contributed by atoms with E-state index in [2.05, 4.69) is 0 Å². The minimum atomic E-state index is -2.31. The Balaban J connectivity index is 0.00000225. The molecular formula is C18H32ClF2N3O. The summed E-state index contributed by atoms with van der Waals surface area (Å²) in [6.07, 6.45) is 3.89. The number of carbonyl (C=O) groups excluding carboxylic acids is 1. The average molecular weight is 380 g/mol. The molecule has 2 N–H and O–H groups in total. The van der Waals surface area contributed by atoms with Crippen molar-refractivity contribution in [3.63, 3.8) is 0 Å². The fourth-order valence-electron chi connectivity index (χ4n) is 5.15. The van der Waals surface area contributed by atoms with Gasteiger partial charge in [0.05, 0.1) is 6.54 Å². The number of alkyl halides is 2. The van der Waals surface area contributed by atoms with E-state index >= 15 is 0 Å². The zero-order chi connectivity index (χ0) is 17.3. The second kappa shape index (κ2) is 8.96. The van der Waals surface area contributed by atoms with Crippen molar-refractivity contribution in [3.05, 3.63) is 0 Å². The first-order valence-corrected chi connectivity index (χ1v) is 9.56. The summed E-state index contributed by atoms with van der Waals surface area (Å²) in [6.45, 7) is 3.58. The van der Waals surface area contributed by atoms with Crippen molar-refractivity contribution in [2.45, 2.75) is 64.0 Å². The standard InChI is InChI=1S/C18H31F2N3O.ClH/c1-2-15-10-23(7-6-22(15)11-16(19)20)18(24)14-8-12-4-3-5-13(9-14)17(12)21;/h12-17H,2-11,21H2,1H3;1H. The number of fused-ring (bicyclic) bond motifs is 2. The molecule has 1 saturated heterocycles. The van der Waals surface area contributed by atoms with Crippen LogP contribution in [0.1, 0.15) is 45.4 Å². The van der Waals surface area contributed by atoms with E-state index in [0.29, 0.717) is 31.5 Å². The highest BCUT2D eigenvalue weighted by Crippen LogP contribution is 2.42. The number of hydrogen-bond donors (Lipinski definition) is 1. The second-order valence-electron chi connectivity index (χ2n) is 7.93. The zero-order valence-corrected chi connectivity index (χ0v) is 15.9. The Hall–Kier alpha value is -0.460. The van der Waals surface area contributed by atoms with Crippen LogP contribution in [0.2, 0.25) is 0 Å². The van der Waals surface area contributed by atoms with E-state index in [0.717, 1.165) is 32.1 Å². The molecule has 7 heteroatoms. The molecule has 3 aliphatic rings. The highest BCUT2D eigenvalue weighted by Gasteiger charge is 2.42. The van der Waals surface area contributed by atoms with Crippen molar-refractivity contribution in [1.82, 2.24) is 9.80 Å². The molecule has 3 atom stereocenters. The van der Waals surface area contributed by atoms with Crippen LogP contribution in [0.4, 0.5) is 8.78 Å². The van der Waals surface area contributed by atoms with Crippen molar-refractivity contribution < 1.29 is 13.6 Å². The van der Waals surface area contributed by atoms with Crippen LogP contribution in [0.5, 0.6) is 0 Å². The third-order valence-corrected chi connectivity index (χ3v) is 6.52. The lowest BCUT2D eigenvalue weighted by molar-refractivity contribution is -0.142. The van der Waals surface area contributed by atoms with Crippen LogP contribution in [-0.4, -0.2) is 60.4 Å². The molecular weight excluding hydrogens is 348 g/mol. The molecule has 0 radical (unpaired) electrons. The van der Waals surface area contributed by atoms with Crippen molar-refractivity contribution in [2.75, 3.05) is 26.2 Å². The molecule has 1 heterocycles. The monoisotopic (exact) mass is 379 g/mol. The molecule has 4 nitrogen and oxygen atoms in total. The van der Waals surface area contributed by atoms with E-state index in [1.165, 1.54) is 6.42 Å². The Morgan fingerprint density at radius 1 is 1.20 bits per heavy atom. The lowest BCUT2D eigenvalue weighted by Gasteiger charge is -2.46. The maximum atomic E-state index is 13.0. The largest absolute Gasteiger partial charge is 0.340 e. The molecule has 0 aromatic carbocycles. The Labute approximate surface area is 155 Å². The minimum absolute atomic E-state index is 0. The van der Waals surface area contributed by atoms with Gasteiger partial charge >= 0.3 is 0 Å². The predicted molar refractivity (Wildman–Crippen MR) is 97.0 cm³/mol. The highest BCUT2D eigenvalue weighted by molar-refractivity contribution is 5.85. The Kier molecular flexibility index (Phi) is 7.47. The lowest BCUT2D eigenvalue weighted by Crippen LogP contribution is -2.57. The predicted octanol–water partition coefficient (Wildman–Crippen LogP) is 2.75. The SMILES string of the molecule is CCC1CN(C(=O)C2CC3CCCC(C2)C3N)CCN1CC(F)F.Cl. The molecule has 1 aliphatic heterocycles. The minimum Gasteiger partial charge on any atom is -0.340 e. The van der Waals surface area contributed by atoms with Crippen LogP contribution in [0.25, 0.3) is 0 Å². The number of amides is 1. The van der Waals surface area contributed by atoms with Gasteiger partial charge in [-0.05, 0) is 43.9 Å². The lowest BCUT2D eigenvalue weighted by atomic mass is 9.65. The summed E-state index contributed by atoms with van der Waals surface area (Å²) in [6, 6.07) is 0.330. The van der Waals surface area contributed by atoms with E-state index in [1.54, 1.807) is 0 Å². The number of halogens is 3. The smallest absolute Gasteiger partial charge is 0.251 e. The van der Waals surface area contributed by atoms with Crippen LogP contribution in [0.15, 0.2) is 0 Å². The summed E-state index contributed by atoms with van der Waals surface area (Å²) in [5, 5.41) is 0. The summed E-state index contributed by atoms with van der Waals surface area (Å²) in [4.78, 5) is 16.8. The van der Waals surface area contributed by atoms with E-state index in [4.69, 9.17) is 5.73 Å². The highest BCUT2D eigenvalue weighted by atomic mass is 35.5. The van der Waals surface area contributed by atoms with Gasteiger partial charge in [0, 0.05) is 37.6 Å². The fraction of sp³-hybridized carbons (Fsp3) is 0.944. The molecule has 2 saturated carbocycles. The molecule has 2 aliphatic carbocycles. The molecule has 0 aromatic rings. The number of piperazine rings is 1. The topological polar surface area (TPSA) is 49.6 Å². The maximum absolute atomic E-state index is 13.0. The average Bonchev–Trinajstić information content (AvgIpc) is 2.54. The van der Waals surface area contributed by atoms with Crippen molar-refractivity contribution in [2.24, 2.45) is 23.5 Å². The number of hydrogen-bond acceptors (Lipinski definition) is 3. The van der Waals surface area contributed by atoms with E-state index < -0.39 is 6.43 Å². The normalized spacial score (nSPS) is 36.2. The number of nitrogens with two attached hydrogens (primary N) is 1. The molecule has 3 rings (SSSR count). The molecule has 2 bridgehead atoms.